The number of rotatable bonds is 3. The molecule has 0 saturated carbocycles. The standard InChI is InChI=1S/C19H17ClF3N5O2/c20-14-6-5-12(19(21,22)23)11-16(14)27-7-9-28(10-8-27)30-18(29)24-17-13-3-1-2-4-15(13)25-26-17/h1-6,11H,7-10H2,(H2,24,25,26,29). The van der Waals surface area contributed by atoms with Crippen molar-refractivity contribution in [3.05, 3.63) is 53.1 Å². The van der Waals surface area contributed by atoms with Crippen molar-refractivity contribution in [1.29, 1.82) is 0 Å². The summed E-state index contributed by atoms with van der Waals surface area (Å²) in [4.78, 5) is 19.2. The van der Waals surface area contributed by atoms with Crippen molar-refractivity contribution < 1.29 is 22.8 Å². The molecule has 0 unspecified atom stereocenters. The summed E-state index contributed by atoms with van der Waals surface area (Å²) in [7, 11) is 0. The first-order valence-corrected chi connectivity index (χ1v) is 9.48. The van der Waals surface area contributed by atoms with E-state index in [1.165, 1.54) is 11.1 Å². The van der Waals surface area contributed by atoms with Crippen molar-refractivity contribution >= 4 is 40.1 Å². The largest absolute Gasteiger partial charge is 0.432 e. The Morgan fingerprint density at radius 2 is 1.87 bits per heavy atom. The zero-order valence-corrected chi connectivity index (χ0v) is 16.3. The highest BCUT2D eigenvalue weighted by Gasteiger charge is 2.32. The summed E-state index contributed by atoms with van der Waals surface area (Å²) in [5.41, 5.74) is 0.323. The van der Waals surface area contributed by atoms with Gasteiger partial charge in [0.15, 0.2) is 5.82 Å². The first-order chi connectivity index (χ1) is 14.3. The number of alkyl halides is 3. The molecular weight excluding hydrogens is 423 g/mol. The number of amides is 1. The van der Waals surface area contributed by atoms with E-state index in [1.54, 1.807) is 4.90 Å². The van der Waals surface area contributed by atoms with Crippen LogP contribution in [0.25, 0.3) is 10.9 Å². The maximum atomic E-state index is 13.0. The third kappa shape index (κ3) is 4.29. The van der Waals surface area contributed by atoms with E-state index in [0.717, 1.165) is 23.0 Å². The number of hydrogen-bond acceptors (Lipinski definition) is 5. The van der Waals surface area contributed by atoms with Gasteiger partial charge < -0.3 is 9.74 Å². The first kappa shape index (κ1) is 20.3. The van der Waals surface area contributed by atoms with Gasteiger partial charge in [-0.3, -0.25) is 10.4 Å². The number of aromatic amines is 1. The minimum Gasteiger partial charge on any atom is -0.367 e. The molecule has 0 spiro atoms. The number of aromatic nitrogens is 2. The Labute approximate surface area is 174 Å². The quantitative estimate of drug-likeness (QED) is 0.627. The van der Waals surface area contributed by atoms with Crippen LogP contribution in [-0.4, -0.2) is 47.5 Å². The molecule has 1 fully saturated rings. The van der Waals surface area contributed by atoms with Crippen LogP contribution in [0.4, 0.5) is 29.5 Å². The third-order valence-corrected chi connectivity index (χ3v) is 5.08. The number of para-hydroxylation sites is 1. The van der Waals surface area contributed by atoms with E-state index < -0.39 is 17.8 Å². The maximum absolute atomic E-state index is 13.0. The number of nitrogens with zero attached hydrogens (tertiary/aromatic N) is 3. The predicted octanol–water partition coefficient (Wildman–Crippen LogP) is 4.52. The fourth-order valence-electron chi connectivity index (χ4n) is 3.25. The van der Waals surface area contributed by atoms with Gasteiger partial charge in [0, 0.05) is 18.5 Å². The molecule has 11 heteroatoms. The molecule has 7 nitrogen and oxygen atoms in total. The summed E-state index contributed by atoms with van der Waals surface area (Å²) in [5.74, 6) is 0.352. The number of H-pyrrole nitrogens is 1. The van der Waals surface area contributed by atoms with E-state index in [-0.39, 0.29) is 5.02 Å². The Kier molecular flexibility index (Phi) is 5.44. The van der Waals surface area contributed by atoms with Crippen LogP contribution < -0.4 is 10.2 Å². The molecule has 1 amide bonds. The number of nitrogens with one attached hydrogen (secondary N) is 2. The van der Waals surface area contributed by atoms with Crippen LogP contribution in [0.3, 0.4) is 0 Å². The molecule has 2 N–H and O–H groups in total. The topological polar surface area (TPSA) is 73.5 Å². The molecule has 3 aromatic rings. The average Bonchev–Trinajstić information content (AvgIpc) is 3.11. The Balaban J connectivity index is 1.35. The fourth-order valence-corrected chi connectivity index (χ4v) is 3.48. The minimum absolute atomic E-state index is 0.237. The van der Waals surface area contributed by atoms with Crippen LogP contribution in [0.5, 0.6) is 0 Å². The lowest BCUT2D eigenvalue weighted by molar-refractivity contribution is -0.137. The van der Waals surface area contributed by atoms with Crippen LogP contribution in [0.15, 0.2) is 42.5 Å². The molecule has 0 radical (unpaired) electrons. The van der Waals surface area contributed by atoms with Crippen molar-refractivity contribution in [2.75, 3.05) is 36.4 Å². The van der Waals surface area contributed by atoms with Crippen LogP contribution in [0, 0.1) is 0 Å². The minimum atomic E-state index is -4.45. The molecular formula is C19H17ClF3N5O2. The molecule has 1 saturated heterocycles. The summed E-state index contributed by atoms with van der Waals surface area (Å²) in [5, 5.41) is 11.9. The molecule has 2 heterocycles. The smallest absolute Gasteiger partial charge is 0.367 e. The average molecular weight is 440 g/mol. The van der Waals surface area contributed by atoms with E-state index >= 15 is 0 Å². The van der Waals surface area contributed by atoms with Crippen LogP contribution in [-0.2, 0) is 11.0 Å². The zero-order chi connectivity index (χ0) is 21.3. The van der Waals surface area contributed by atoms with E-state index in [0.29, 0.717) is 37.7 Å². The van der Waals surface area contributed by atoms with Crippen molar-refractivity contribution in [2.24, 2.45) is 0 Å². The summed E-state index contributed by atoms with van der Waals surface area (Å²) in [6, 6.07) is 10.5. The van der Waals surface area contributed by atoms with Crippen molar-refractivity contribution in [2.45, 2.75) is 6.18 Å². The number of piperazine rings is 1. The van der Waals surface area contributed by atoms with E-state index in [1.807, 2.05) is 24.3 Å². The highest BCUT2D eigenvalue weighted by atomic mass is 35.5. The molecule has 0 aliphatic carbocycles. The lowest BCUT2D eigenvalue weighted by Crippen LogP contribution is -2.47. The number of carbonyl (C=O) groups is 1. The predicted molar refractivity (Wildman–Crippen MR) is 106 cm³/mol. The van der Waals surface area contributed by atoms with Gasteiger partial charge in [0.25, 0.3) is 0 Å². The number of carbonyl (C=O) groups excluding carboxylic acids is 1. The molecule has 1 aliphatic heterocycles. The second kappa shape index (κ2) is 8.04. The Morgan fingerprint density at radius 3 is 2.60 bits per heavy atom. The fraction of sp³-hybridized carbons (Fsp3) is 0.263. The molecule has 4 rings (SSSR count). The molecule has 158 valence electrons. The van der Waals surface area contributed by atoms with Crippen LogP contribution in [0.1, 0.15) is 5.56 Å². The number of benzene rings is 2. The second-order valence-corrected chi connectivity index (χ2v) is 7.11. The van der Waals surface area contributed by atoms with Gasteiger partial charge in [0.1, 0.15) is 0 Å². The number of fused-ring (bicyclic) bond motifs is 1. The van der Waals surface area contributed by atoms with Crippen LogP contribution in [0.2, 0.25) is 5.02 Å². The van der Waals surface area contributed by atoms with Gasteiger partial charge in [-0.15, -0.1) is 5.06 Å². The second-order valence-electron chi connectivity index (χ2n) is 6.70. The number of halogens is 4. The van der Waals surface area contributed by atoms with Crippen LogP contribution >= 0.6 is 11.6 Å². The summed E-state index contributed by atoms with van der Waals surface area (Å²) >= 11 is 6.10. The Morgan fingerprint density at radius 1 is 1.13 bits per heavy atom. The molecule has 30 heavy (non-hydrogen) atoms. The number of anilines is 2. The third-order valence-electron chi connectivity index (χ3n) is 4.76. The maximum Gasteiger partial charge on any atom is 0.432 e. The number of hydrogen-bond donors (Lipinski definition) is 2. The Bertz CT molecular complexity index is 1060. The van der Waals surface area contributed by atoms with Gasteiger partial charge in [-0.05, 0) is 30.3 Å². The molecule has 0 bridgehead atoms. The van der Waals surface area contributed by atoms with Crippen molar-refractivity contribution in [1.82, 2.24) is 15.3 Å². The summed E-state index contributed by atoms with van der Waals surface area (Å²) < 4.78 is 39.0. The molecule has 0 atom stereocenters. The van der Waals surface area contributed by atoms with Gasteiger partial charge in [-0.2, -0.15) is 18.3 Å². The van der Waals surface area contributed by atoms with Gasteiger partial charge in [-0.25, -0.2) is 4.79 Å². The zero-order valence-electron chi connectivity index (χ0n) is 15.5. The van der Waals surface area contributed by atoms with Gasteiger partial charge in [0.05, 0.1) is 34.9 Å². The molecule has 2 aromatic carbocycles. The summed E-state index contributed by atoms with van der Waals surface area (Å²) in [6.07, 6.45) is -5.14. The number of hydroxylamine groups is 2. The van der Waals surface area contributed by atoms with E-state index in [9.17, 15) is 18.0 Å². The van der Waals surface area contributed by atoms with E-state index in [2.05, 4.69) is 15.5 Å². The monoisotopic (exact) mass is 439 g/mol. The SMILES string of the molecule is O=C(Nc1n[nH]c2ccccc12)ON1CCN(c2cc(C(F)(F)F)ccc2Cl)CC1. The van der Waals surface area contributed by atoms with E-state index in [4.69, 9.17) is 16.4 Å². The van der Waals surface area contributed by atoms with Gasteiger partial charge in [0.2, 0.25) is 0 Å². The normalized spacial score (nSPS) is 15.4. The highest BCUT2D eigenvalue weighted by Crippen LogP contribution is 2.35. The van der Waals surface area contributed by atoms with Crippen molar-refractivity contribution in [3.8, 4) is 0 Å². The first-order valence-electron chi connectivity index (χ1n) is 9.10. The van der Waals surface area contributed by atoms with Crippen molar-refractivity contribution in [3.63, 3.8) is 0 Å². The summed E-state index contributed by atoms with van der Waals surface area (Å²) in [6.45, 7) is 1.31. The Hall–Kier alpha value is -2.98. The lowest BCUT2D eigenvalue weighted by Gasteiger charge is -2.35. The molecule has 1 aromatic heterocycles. The lowest BCUT2D eigenvalue weighted by atomic mass is 10.1. The highest BCUT2D eigenvalue weighted by molar-refractivity contribution is 6.33. The van der Waals surface area contributed by atoms with Gasteiger partial charge in [-0.1, -0.05) is 23.7 Å². The van der Waals surface area contributed by atoms with Gasteiger partial charge >= 0.3 is 12.3 Å². The molecule has 1 aliphatic rings.